The number of nitrogens with one attached hydrogen (secondary N) is 1. The van der Waals surface area contributed by atoms with Crippen molar-refractivity contribution in [2.45, 2.75) is 19.4 Å². The molecule has 1 saturated heterocycles. The highest BCUT2D eigenvalue weighted by atomic mass is 35.5. The summed E-state index contributed by atoms with van der Waals surface area (Å²) in [5.41, 5.74) is 0.772. The third kappa shape index (κ3) is 4.32. The van der Waals surface area contributed by atoms with Crippen molar-refractivity contribution in [1.82, 2.24) is 4.57 Å². The first-order valence-electron chi connectivity index (χ1n) is 9.49. The molecule has 0 radical (unpaired) electrons. The molecule has 150 valence electrons. The number of hydrogen-bond donors (Lipinski definition) is 1. The molecule has 2 heterocycles. The smallest absolute Gasteiger partial charge is 0.258 e. The average Bonchev–Trinajstić information content (AvgIpc) is 2.73. The molecule has 3 aromatic rings. The number of benzene rings is 2. The number of carbonyl (C=O) groups excluding carboxylic acids is 1. The number of fused-ring (bicyclic) bond motifs is 1. The van der Waals surface area contributed by atoms with Crippen molar-refractivity contribution in [3.63, 3.8) is 0 Å². The van der Waals surface area contributed by atoms with Crippen LogP contribution in [0.2, 0.25) is 10.0 Å². The molecule has 0 bridgehead atoms. The van der Waals surface area contributed by atoms with Crippen LogP contribution in [-0.4, -0.2) is 23.7 Å². The van der Waals surface area contributed by atoms with Gasteiger partial charge in [-0.2, -0.15) is 0 Å². The first-order chi connectivity index (χ1) is 14.0. The maximum Gasteiger partial charge on any atom is 0.258 e. The van der Waals surface area contributed by atoms with Gasteiger partial charge in [0.25, 0.3) is 11.5 Å². The Morgan fingerprint density at radius 3 is 2.69 bits per heavy atom. The third-order valence-electron chi connectivity index (χ3n) is 5.24. The number of aromatic nitrogens is 1. The molecule has 0 saturated carbocycles. The highest BCUT2D eigenvalue weighted by molar-refractivity contribution is 6.36. The van der Waals surface area contributed by atoms with Gasteiger partial charge in [-0.1, -0.05) is 29.3 Å². The summed E-state index contributed by atoms with van der Waals surface area (Å²) in [6, 6.07) is 11.9. The van der Waals surface area contributed by atoms with Crippen LogP contribution in [0.3, 0.4) is 0 Å². The summed E-state index contributed by atoms with van der Waals surface area (Å²) in [7, 11) is 0. The number of rotatable bonds is 4. The van der Waals surface area contributed by atoms with E-state index in [1.54, 1.807) is 41.1 Å². The third-order valence-corrected chi connectivity index (χ3v) is 5.80. The topological polar surface area (TPSA) is 60.3 Å². The second-order valence-electron chi connectivity index (χ2n) is 7.17. The Labute approximate surface area is 178 Å². The zero-order valence-electron chi connectivity index (χ0n) is 15.7. The molecule has 1 amide bonds. The van der Waals surface area contributed by atoms with Crippen LogP contribution in [0.25, 0.3) is 10.8 Å². The number of ether oxygens (including phenoxy) is 1. The van der Waals surface area contributed by atoms with Crippen LogP contribution in [-0.2, 0) is 11.3 Å². The molecule has 5 nitrogen and oxygen atoms in total. The van der Waals surface area contributed by atoms with E-state index < -0.39 is 0 Å². The Kier molecular flexibility index (Phi) is 5.90. The predicted molar refractivity (Wildman–Crippen MR) is 116 cm³/mol. The molecule has 0 aliphatic carbocycles. The number of hydrogen-bond acceptors (Lipinski definition) is 3. The van der Waals surface area contributed by atoms with Gasteiger partial charge in [-0.15, -0.1) is 0 Å². The van der Waals surface area contributed by atoms with Crippen molar-refractivity contribution < 1.29 is 9.53 Å². The molecule has 1 aromatic heterocycles. The van der Waals surface area contributed by atoms with Gasteiger partial charge in [0.15, 0.2) is 0 Å². The maximum atomic E-state index is 13.0. The summed E-state index contributed by atoms with van der Waals surface area (Å²) in [5.74, 6) is 0.0585. The fourth-order valence-corrected chi connectivity index (χ4v) is 4.01. The highest BCUT2D eigenvalue weighted by Gasteiger charge is 2.17. The summed E-state index contributed by atoms with van der Waals surface area (Å²) in [6.45, 7) is 2.16. The SMILES string of the molecule is O=C(Nc1cccc2c(=O)n(CC3CCOCC3)ccc12)c1cc(Cl)ccc1Cl. The molecular weight excluding hydrogens is 411 g/mol. The molecule has 0 spiro atoms. The monoisotopic (exact) mass is 430 g/mol. The van der Waals surface area contributed by atoms with Crippen molar-refractivity contribution in [3.05, 3.63) is 74.6 Å². The van der Waals surface area contributed by atoms with E-state index in [4.69, 9.17) is 27.9 Å². The Balaban J connectivity index is 1.64. The number of carbonyl (C=O) groups is 1. The lowest BCUT2D eigenvalue weighted by Crippen LogP contribution is -2.27. The number of nitrogens with zero attached hydrogens (tertiary/aromatic N) is 1. The van der Waals surface area contributed by atoms with E-state index in [2.05, 4.69) is 5.32 Å². The summed E-state index contributed by atoms with van der Waals surface area (Å²) in [4.78, 5) is 25.7. The molecule has 1 N–H and O–H groups in total. The fourth-order valence-electron chi connectivity index (χ4n) is 3.64. The fraction of sp³-hybridized carbons (Fsp3) is 0.273. The zero-order chi connectivity index (χ0) is 20.4. The van der Waals surface area contributed by atoms with Gasteiger partial charge in [-0.25, -0.2) is 0 Å². The predicted octanol–water partition coefficient (Wildman–Crippen LogP) is 4.99. The van der Waals surface area contributed by atoms with E-state index in [1.165, 1.54) is 6.07 Å². The van der Waals surface area contributed by atoms with E-state index in [0.717, 1.165) is 26.1 Å². The molecule has 1 aliphatic heterocycles. The quantitative estimate of drug-likeness (QED) is 0.634. The Bertz CT molecular complexity index is 1120. The highest BCUT2D eigenvalue weighted by Crippen LogP contribution is 2.25. The Morgan fingerprint density at radius 2 is 1.90 bits per heavy atom. The zero-order valence-corrected chi connectivity index (χ0v) is 17.2. The van der Waals surface area contributed by atoms with Gasteiger partial charge in [0, 0.05) is 47.4 Å². The molecule has 1 aliphatic rings. The average molecular weight is 431 g/mol. The van der Waals surface area contributed by atoms with Crippen molar-refractivity contribution in [1.29, 1.82) is 0 Å². The van der Waals surface area contributed by atoms with Crippen LogP contribution >= 0.6 is 23.2 Å². The lowest BCUT2D eigenvalue weighted by molar-refractivity contribution is 0.0610. The molecule has 29 heavy (non-hydrogen) atoms. The molecule has 0 unspecified atom stereocenters. The van der Waals surface area contributed by atoms with Crippen LogP contribution in [0.5, 0.6) is 0 Å². The lowest BCUT2D eigenvalue weighted by atomic mass is 10.00. The summed E-state index contributed by atoms with van der Waals surface area (Å²) in [6.07, 6.45) is 3.71. The maximum absolute atomic E-state index is 13.0. The number of amides is 1. The minimum absolute atomic E-state index is 0.0640. The summed E-state index contributed by atoms with van der Waals surface area (Å²) < 4.78 is 7.15. The van der Waals surface area contributed by atoms with Crippen molar-refractivity contribution in [3.8, 4) is 0 Å². The van der Waals surface area contributed by atoms with Gasteiger partial charge >= 0.3 is 0 Å². The number of anilines is 1. The summed E-state index contributed by atoms with van der Waals surface area (Å²) in [5, 5.41) is 4.84. The molecule has 2 aromatic carbocycles. The van der Waals surface area contributed by atoms with E-state index >= 15 is 0 Å². The van der Waals surface area contributed by atoms with Crippen LogP contribution in [0, 0.1) is 5.92 Å². The van der Waals surface area contributed by atoms with Crippen LogP contribution in [0.1, 0.15) is 23.2 Å². The number of pyridine rings is 1. The van der Waals surface area contributed by atoms with E-state index in [9.17, 15) is 9.59 Å². The van der Waals surface area contributed by atoms with E-state index in [0.29, 0.717) is 39.0 Å². The largest absolute Gasteiger partial charge is 0.381 e. The standard InChI is InChI=1S/C22H20Cl2N2O3/c23-15-4-5-19(24)18(12-15)21(27)25-20-3-1-2-17-16(20)6-9-26(22(17)28)13-14-7-10-29-11-8-14/h1-6,9,12,14H,7-8,10-11,13H2,(H,25,27). The lowest BCUT2D eigenvalue weighted by Gasteiger charge is -2.23. The van der Waals surface area contributed by atoms with Crippen LogP contribution in [0.15, 0.2) is 53.5 Å². The molecule has 1 fully saturated rings. The first-order valence-corrected chi connectivity index (χ1v) is 10.2. The van der Waals surface area contributed by atoms with E-state index in [-0.39, 0.29) is 17.0 Å². The molecule has 4 rings (SSSR count). The minimum atomic E-state index is -0.378. The number of halogens is 2. The molecule has 7 heteroatoms. The van der Waals surface area contributed by atoms with Crippen molar-refractivity contribution >= 4 is 45.6 Å². The van der Waals surface area contributed by atoms with Gasteiger partial charge in [-0.3, -0.25) is 9.59 Å². The van der Waals surface area contributed by atoms with Gasteiger partial charge in [0.2, 0.25) is 0 Å². The van der Waals surface area contributed by atoms with Crippen molar-refractivity contribution in [2.24, 2.45) is 5.92 Å². The molecular formula is C22H20Cl2N2O3. The van der Waals surface area contributed by atoms with Crippen LogP contribution in [0.4, 0.5) is 5.69 Å². The van der Waals surface area contributed by atoms with Gasteiger partial charge < -0.3 is 14.6 Å². The second-order valence-corrected chi connectivity index (χ2v) is 8.02. The Hall–Kier alpha value is -2.34. The Morgan fingerprint density at radius 1 is 1.10 bits per heavy atom. The van der Waals surface area contributed by atoms with Gasteiger partial charge in [0.1, 0.15) is 0 Å². The van der Waals surface area contributed by atoms with E-state index in [1.807, 2.05) is 6.07 Å². The summed E-state index contributed by atoms with van der Waals surface area (Å²) >= 11 is 12.1. The minimum Gasteiger partial charge on any atom is -0.381 e. The first kappa shape index (κ1) is 20.0. The van der Waals surface area contributed by atoms with Gasteiger partial charge in [0.05, 0.1) is 10.6 Å². The van der Waals surface area contributed by atoms with Gasteiger partial charge in [-0.05, 0) is 55.2 Å². The normalized spacial score (nSPS) is 14.8. The van der Waals surface area contributed by atoms with Crippen LogP contribution < -0.4 is 10.9 Å². The van der Waals surface area contributed by atoms with Crippen molar-refractivity contribution in [2.75, 3.05) is 18.5 Å². The molecule has 0 atom stereocenters. The second kappa shape index (κ2) is 8.57.